The zero-order chi connectivity index (χ0) is 18.0. The number of benzene rings is 2. The van der Waals surface area contributed by atoms with Crippen molar-refractivity contribution in [2.24, 2.45) is 0 Å². The number of fused-ring (bicyclic) bond motifs is 2. The summed E-state index contributed by atoms with van der Waals surface area (Å²) in [5.41, 5.74) is 2.25. The Kier molecular flexibility index (Phi) is 5.18. The van der Waals surface area contributed by atoms with Crippen LogP contribution in [0.4, 0.5) is 13.2 Å². The van der Waals surface area contributed by atoms with E-state index in [1.165, 1.54) is 0 Å². The highest BCUT2D eigenvalue weighted by Crippen LogP contribution is 2.40. The van der Waals surface area contributed by atoms with E-state index in [1.54, 1.807) is 30.3 Å². The summed E-state index contributed by atoms with van der Waals surface area (Å²) >= 11 is 3.37. The van der Waals surface area contributed by atoms with E-state index in [9.17, 15) is 18.0 Å². The molecule has 0 spiro atoms. The second-order valence-corrected chi connectivity index (χ2v) is 7.08. The van der Waals surface area contributed by atoms with Gasteiger partial charge in [0, 0.05) is 22.5 Å². The zero-order valence-corrected chi connectivity index (χ0v) is 15.0. The van der Waals surface area contributed by atoms with E-state index in [2.05, 4.69) is 21.2 Å². The smallest absolute Gasteiger partial charge is 0.352 e. The van der Waals surface area contributed by atoms with E-state index in [0.717, 1.165) is 10.0 Å². The molecule has 25 heavy (non-hydrogen) atoms. The van der Waals surface area contributed by atoms with Crippen LogP contribution in [0.3, 0.4) is 0 Å². The Balaban J connectivity index is 2.22. The van der Waals surface area contributed by atoms with Crippen molar-refractivity contribution in [1.29, 1.82) is 0 Å². The summed E-state index contributed by atoms with van der Waals surface area (Å²) in [5.74, 6) is -1.23. The minimum atomic E-state index is -4.34. The van der Waals surface area contributed by atoms with Crippen LogP contribution in [-0.2, 0) is 6.42 Å². The lowest BCUT2D eigenvalue weighted by atomic mass is 9.82. The third-order valence-electron chi connectivity index (χ3n) is 4.41. The lowest BCUT2D eigenvalue weighted by molar-refractivity contribution is -0.136. The van der Waals surface area contributed by atoms with Gasteiger partial charge in [0.1, 0.15) is 0 Å². The number of halogens is 4. The molecule has 0 saturated heterocycles. The number of aryl methyl sites for hydroxylation is 1. The number of alkyl halides is 3. The van der Waals surface area contributed by atoms with Gasteiger partial charge in [0.25, 0.3) is 5.91 Å². The van der Waals surface area contributed by atoms with Crippen LogP contribution in [0.1, 0.15) is 45.8 Å². The molecule has 0 bridgehead atoms. The average Bonchev–Trinajstić information content (AvgIpc) is 2.56. The van der Waals surface area contributed by atoms with Crippen LogP contribution in [0.15, 0.2) is 46.9 Å². The predicted octanol–water partition coefficient (Wildman–Crippen LogP) is 5.21. The largest absolute Gasteiger partial charge is 0.390 e. The zero-order valence-electron chi connectivity index (χ0n) is 13.4. The molecule has 1 N–H and O–H groups in total. The van der Waals surface area contributed by atoms with E-state index in [-0.39, 0.29) is 5.91 Å². The van der Waals surface area contributed by atoms with Crippen molar-refractivity contribution in [3.8, 4) is 0 Å². The molecule has 1 aliphatic rings. The summed E-state index contributed by atoms with van der Waals surface area (Å²) in [6.45, 7) is 0.493. The van der Waals surface area contributed by atoms with E-state index in [1.807, 2.05) is 12.1 Å². The fraction of sp³-hybridized carbons (Fsp3) is 0.316. The first-order valence-corrected chi connectivity index (χ1v) is 8.86. The number of hydrogen-bond acceptors (Lipinski definition) is 1. The Morgan fingerprint density at radius 2 is 1.88 bits per heavy atom. The highest BCUT2D eigenvalue weighted by atomic mass is 79.9. The fourth-order valence-electron chi connectivity index (χ4n) is 3.32. The van der Waals surface area contributed by atoms with Gasteiger partial charge in [0.15, 0.2) is 0 Å². The van der Waals surface area contributed by atoms with Gasteiger partial charge >= 0.3 is 6.18 Å². The molecule has 132 valence electrons. The summed E-state index contributed by atoms with van der Waals surface area (Å²) in [6, 6.07) is 12.0. The Morgan fingerprint density at radius 3 is 2.64 bits per heavy atom. The topological polar surface area (TPSA) is 29.1 Å². The molecule has 1 amide bonds. The van der Waals surface area contributed by atoms with Crippen LogP contribution in [-0.4, -0.2) is 18.6 Å². The Morgan fingerprint density at radius 1 is 1.12 bits per heavy atom. The number of rotatable bonds is 1. The normalized spacial score (nSPS) is 18.1. The Bertz CT molecular complexity index is 788. The molecule has 1 unspecified atom stereocenters. The molecular formula is C19H17BrF3NO. The molecule has 0 fully saturated rings. The molecule has 1 aliphatic heterocycles. The van der Waals surface area contributed by atoms with Crippen LogP contribution in [0.2, 0.25) is 0 Å². The van der Waals surface area contributed by atoms with Crippen molar-refractivity contribution < 1.29 is 18.0 Å². The Labute approximate surface area is 152 Å². The molecule has 2 aromatic carbocycles. The summed E-state index contributed by atoms with van der Waals surface area (Å²) in [6.07, 6.45) is -4.03. The molecule has 0 radical (unpaired) electrons. The third-order valence-corrected chi connectivity index (χ3v) is 4.90. The molecule has 6 heteroatoms. The maximum absolute atomic E-state index is 13.3. The van der Waals surface area contributed by atoms with Gasteiger partial charge in [-0.3, -0.25) is 4.79 Å². The minimum Gasteiger partial charge on any atom is -0.352 e. The molecule has 1 heterocycles. The van der Waals surface area contributed by atoms with Gasteiger partial charge in [-0.1, -0.05) is 40.2 Å². The van der Waals surface area contributed by atoms with Crippen LogP contribution >= 0.6 is 15.9 Å². The van der Waals surface area contributed by atoms with Gasteiger partial charge in [-0.05, 0) is 47.7 Å². The first-order valence-electron chi connectivity index (χ1n) is 8.07. The van der Waals surface area contributed by atoms with Crippen molar-refractivity contribution in [2.75, 3.05) is 6.54 Å². The van der Waals surface area contributed by atoms with Gasteiger partial charge in [-0.2, -0.15) is 13.2 Å². The molecule has 0 aromatic heterocycles. The quantitative estimate of drug-likeness (QED) is 0.685. The van der Waals surface area contributed by atoms with Gasteiger partial charge in [0.2, 0.25) is 0 Å². The van der Waals surface area contributed by atoms with Crippen molar-refractivity contribution in [3.63, 3.8) is 0 Å². The lowest BCUT2D eigenvalue weighted by Gasteiger charge is -2.26. The van der Waals surface area contributed by atoms with E-state index in [4.69, 9.17) is 0 Å². The summed E-state index contributed by atoms with van der Waals surface area (Å²) in [5, 5.41) is 2.80. The van der Waals surface area contributed by atoms with Crippen LogP contribution in [0, 0.1) is 0 Å². The number of carbonyl (C=O) groups excluding carboxylic acids is 1. The van der Waals surface area contributed by atoms with Gasteiger partial charge in [-0.15, -0.1) is 0 Å². The van der Waals surface area contributed by atoms with Gasteiger partial charge in [0.05, 0.1) is 6.42 Å². The second-order valence-electron chi connectivity index (χ2n) is 6.16. The number of carbonyl (C=O) groups is 1. The maximum atomic E-state index is 13.3. The predicted molar refractivity (Wildman–Crippen MR) is 93.8 cm³/mol. The molecule has 2 nitrogen and oxygen atoms in total. The third kappa shape index (κ3) is 4.24. The van der Waals surface area contributed by atoms with Crippen molar-refractivity contribution >= 4 is 21.8 Å². The summed E-state index contributed by atoms with van der Waals surface area (Å²) in [7, 11) is 0. The first kappa shape index (κ1) is 18.0. The minimum absolute atomic E-state index is 0.310. The van der Waals surface area contributed by atoms with Crippen molar-refractivity contribution in [1.82, 2.24) is 5.32 Å². The highest BCUT2D eigenvalue weighted by molar-refractivity contribution is 9.10. The monoisotopic (exact) mass is 411 g/mol. The van der Waals surface area contributed by atoms with Gasteiger partial charge in [-0.25, -0.2) is 0 Å². The molecule has 2 aromatic rings. The first-order chi connectivity index (χ1) is 11.8. The van der Waals surface area contributed by atoms with Crippen molar-refractivity contribution in [3.05, 3.63) is 69.2 Å². The molecule has 0 saturated carbocycles. The van der Waals surface area contributed by atoms with Gasteiger partial charge < -0.3 is 5.32 Å². The van der Waals surface area contributed by atoms with Crippen LogP contribution in [0.5, 0.6) is 0 Å². The van der Waals surface area contributed by atoms with Crippen LogP contribution < -0.4 is 5.32 Å². The fourth-order valence-corrected chi connectivity index (χ4v) is 3.70. The van der Waals surface area contributed by atoms with Crippen molar-refractivity contribution in [2.45, 2.75) is 31.4 Å². The summed E-state index contributed by atoms with van der Waals surface area (Å²) < 4.78 is 40.7. The average molecular weight is 412 g/mol. The lowest BCUT2D eigenvalue weighted by Crippen LogP contribution is -2.28. The number of amides is 1. The summed E-state index contributed by atoms with van der Waals surface area (Å²) in [4.78, 5) is 12.4. The van der Waals surface area contributed by atoms with E-state index in [0.29, 0.717) is 36.1 Å². The molecule has 3 rings (SSSR count). The SMILES string of the molecule is O=C1NCCCc2ccc(Br)cc2C(CC(F)(F)F)c2ccccc21. The van der Waals surface area contributed by atoms with E-state index >= 15 is 0 Å². The highest BCUT2D eigenvalue weighted by Gasteiger charge is 2.36. The number of hydrogen-bond donors (Lipinski definition) is 1. The molecule has 0 aliphatic carbocycles. The van der Waals surface area contributed by atoms with E-state index < -0.39 is 18.5 Å². The number of nitrogens with one attached hydrogen (secondary N) is 1. The standard InChI is InChI=1S/C19H17BrF3NO/c20-13-8-7-12-4-3-9-24-18(25)15-6-2-1-5-14(15)17(16(12)10-13)11-19(21,22)23/h1-2,5-8,10,17H,3-4,9,11H2,(H,24,25). The maximum Gasteiger partial charge on any atom is 0.390 e. The second kappa shape index (κ2) is 7.20. The van der Waals surface area contributed by atoms with Crippen LogP contribution in [0.25, 0.3) is 0 Å². The molecular weight excluding hydrogens is 395 g/mol. The Hall–Kier alpha value is -1.82. The molecule has 1 atom stereocenters.